The Morgan fingerprint density at radius 2 is 2.16 bits per heavy atom. The molecule has 4 heteroatoms. The van der Waals surface area contributed by atoms with Crippen LogP contribution in [0.15, 0.2) is 12.3 Å². The van der Waals surface area contributed by atoms with Crippen LogP contribution in [0, 0.1) is 0 Å². The van der Waals surface area contributed by atoms with Crippen molar-refractivity contribution >= 4 is 15.9 Å². The van der Waals surface area contributed by atoms with E-state index in [0.717, 1.165) is 37.3 Å². The van der Waals surface area contributed by atoms with Gasteiger partial charge in [-0.05, 0) is 31.7 Å². The summed E-state index contributed by atoms with van der Waals surface area (Å²) in [5.41, 5.74) is 1.22. The van der Waals surface area contributed by atoms with Crippen molar-refractivity contribution in [2.24, 2.45) is 0 Å². The van der Waals surface area contributed by atoms with Gasteiger partial charge in [-0.2, -0.15) is 5.10 Å². The summed E-state index contributed by atoms with van der Waals surface area (Å²) in [6, 6.07) is 3.54. The third kappa shape index (κ3) is 3.82. The van der Waals surface area contributed by atoms with Crippen molar-refractivity contribution in [1.82, 2.24) is 14.7 Å². The van der Waals surface area contributed by atoms with Gasteiger partial charge in [0.1, 0.15) is 0 Å². The molecular weight excluding hydrogens is 302 g/mol. The lowest BCUT2D eigenvalue weighted by atomic mass is 9.91. The van der Waals surface area contributed by atoms with Gasteiger partial charge < -0.3 is 0 Å². The van der Waals surface area contributed by atoms with Gasteiger partial charge in [-0.3, -0.25) is 9.58 Å². The molecule has 1 saturated carbocycles. The molecule has 0 spiro atoms. The maximum atomic E-state index is 4.77. The Morgan fingerprint density at radius 1 is 1.42 bits per heavy atom. The Morgan fingerprint density at radius 3 is 2.68 bits per heavy atom. The van der Waals surface area contributed by atoms with Crippen LogP contribution in [0.1, 0.15) is 57.7 Å². The standard InChI is InChI=1S/C15H26BrN3/c1-3-14(4-2)19-10-8-13(17-19)12-18(11-9-16)15-6-5-7-15/h8,10,14-15H,3-7,9,11-12H2,1-2H3. The Hall–Kier alpha value is -0.350. The summed E-state index contributed by atoms with van der Waals surface area (Å²) < 4.78 is 2.16. The minimum atomic E-state index is 0.557. The van der Waals surface area contributed by atoms with Crippen LogP contribution < -0.4 is 0 Å². The van der Waals surface area contributed by atoms with Gasteiger partial charge in [0, 0.05) is 30.7 Å². The predicted molar refractivity (Wildman–Crippen MR) is 83.7 cm³/mol. The summed E-state index contributed by atoms with van der Waals surface area (Å²) in [5.74, 6) is 0. The molecule has 1 fully saturated rings. The van der Waals surface area contributed by atoms with E-state index in [9.17, 15) is 0 Å². The van der Waals surface area contributed by atoms with Crippen LogP contribution in [0.25, 0.3) is 0 Å². The second-order valence-electron chi connectivity index (χ2n) is 5.50. The van der Waals surface area contributed by atoms with Gasteiger partial charge in [0.05, 0.1) is 11.7 Å². The molecule has 0 amide bonds. The van der Waals surface area contributed by atoms with Crippen molar-refractivity contribution in [2.45, 2.75) is 64.6 Å². The molecule has 0 aliphatic heterocycles. The average Bonchev–Trinajstić information content (AvgIpc) is 2.77. The number of halogens is 1. The van der Waals surface area contributed by atoms with E-state index in [4.69, 9.17) is 5.10 Å². The molecule has 0 atom stereocenters. The molecule has 1 aliphatic carbocycles. The fourth-order valence-corrected chi connectivity index (χ4v) is 3.24. The lowest BCUT2D eigenvalue weighted by Gasteiger charge is -2.36. The van der Waals surface area contributed by atoms with Crippen molar-refractivity contribution in [3.05, 3.63) is 18.0 Å². The van der Waals surface area contributed by atoms with Crippen molar-refractivity contribution < 1.29 is 0 Å². The van der Waals surface area contributed by atoms with E-state index in [1.54, 1.807) is 0 Å². The zero-order chi connectivity index (χ0) is 13.7. The lowest BCUT2D eigenvalue weighted by Crippen LogP contribution is -2.40. The molecule has 0 saturated heterocycles. The molecule has 3 nitrogen and oxygen atoms in total. The zero-order valence-corrected chi connectivity index (χ0v) is 13.8. The quantitative estimate of drug-likeness (QED) is 0.673. The number of aromatic nitrogens is 2. The van der Waals surface area contributed by atoms with Crippen molar-refractivity contribution in [3.63, 3.8) is 0 Å². The molecule has 1 aromatic heterocycles. The number of hydrogen-bond donors (Lipinski definition) is 0. The average molecular weight is 328 g/mol. The fourth-order valence-electron chi connectivity index (χ4n) is 2.79. The highest BCUT2D eigenvalue weighted by Gasteiger charge is 2.25. The smallest absolute Gasteiger partial charge is 0.0765 e. The molecule has 0 bridgehead atoms. The van der Waals surface area contributed by atoms with Gasteiger partial charge in [-0.15, -0.1) is 0 Å². The van der Waals surface area contributed by atoms with E-state index in [1.165, 1.54) is 25.0 Å². The van der Waals surface area contributed by atoms with E-state index >= 15 is 0 Å². The first-order valence-electron chi connectivity index (χ1n) is 7.62. The molecule has 2 rings (SSSR count). The fraction of sp³-hybridized carbons (Fsp3) is 0.800. The van der Waals surface area contributed by atoms with Crippen molar-refractivity contribution in [3.8, 4) is 0 Å². The first-order valence-corrected chi connectivity index (χ1v) is 8.74. The summed E-state index contributed by atoms with van der Waals surface area (Å²) >= 11 is 3.57. The molecule has 1 heterocycles. The van der Waals surface area contributed by atoms with Gasteiger partial charge in [-0.1, -0.05) is 36.2 Å². The van der Waals surface area contributed by atoms with E-state index in [-0.39, 0.29) is 0 Å². The van der Waals surface area contributed by atoms with Crippen LogP contribution in [-0.4, -0.2) is 32.6 Å². The Balaban J connectivity index is 1.96. The molecule has 0 aromatic carbocycles. The monoisotopic (exact) mass is 327 g/mol. The first-order chi connectivity index (χ1) is 9.28. The second kappa shape index (κ2) is 7.44. The SMILES string of the molecule is CCC(CC)n1ccc(CN(CCBr)C2CCC2)n1. The maximum Gasteiger partial charge on any atom is 0.0765 e. The summed E-state index contributed by atoms with van der Waals surface area (Å²) in [6.45, 7) is 6.61. The number of rotatable bonds is 8. The topological polar surface area (TPSA) is 21.1 Å². The Labute approximate surface area is 125 Å². The summed E-state index contributed by atoms with van der Waals surface area (Å²) in [5, 5.41) is 5.83. The highest BCUT2D eigenvalue weighted by molar-refractivity contribution is 9.09. The van der Waals surface area contributed by atoms with E-state index < -0.39 is 0 Å². The van der Waals surface area contributed by atoms with E-state index in [0.29, 0.717) is 6.04 Å². The van der Waals surface area contributed by atoms with Crippen molar-refractivity contribution in [2.75, 3.05) is 11.9 Å². The molecule has 108 valence electrons. The van der Waals surface area contributed by atoms with Gasteiger partial charge in [-0.25, -0.2) is 0 Å². The van der Waals surface area contributed by atoms with E-state index in [2.05, 4.69) is 51.6 Å². The maximum absolute atomic E-state index is 4.77. The number of hydrogen-bond acceptors (Lipinski definition) is 2. The summed E-state index contributed by atoms with van der Waals surface area (Å²) in [6.07, 6.45) is 8.59. The molecule has 0 radical (unpaired) electrons. The predicted octanol–water partition coefficient (Wildman–Crippen LogP) is 3.99. The third-order valence-electron chi connectivity index (χ3n) is 4.31. The summed E-state index contributed by atoms with van der Waals surface area (Å²) in [7, 11) is 0. The molecule has 1 aliphatic rings. The largest absolute Gasteiger partial charge is 0.294 e. The molecule has 1 aromatic rings. The first kappa shape index (κ1) is 15.0. The van der Waals surface area contributed by atoms with Gasteiger partial charge >= 0.3 is 0 Å². The third-order valence-corrected chi connectivity index (χ3v) is 4.66. The van der Waals surface area contributed by atoms with Crippen LogP contribution in [-0.2, 0) is 6.54 Å². The van der Waals surface area contributed by atoms with Crippen LogP contribution in [0.2, 0.25) is 0 Å². The summed E-state index contributed by atoms with van der Waals surface area (Å²) in [4.78, 5) is 2.58. The number of nitrogens with zero attached hydrogens (tertiary/aromatic N) is 3. The van der Waals surface area contributed by atoms with E-state index in [1.807, 2.05) is 0 Å². The van der Waals surface area contributed by atoms with Crippen molar-refractivity contribution in [1.29, 1.82) is 0 Å². The van der Waals surface area contributed by atoms with Gasteiger partial charge in [0.25, 0.3) is 0 Å². The lowest BCUT2D eigenvalue weighted by molar-refractivity contribution is 0.126. The highest BCUT2D eigenvalue weighted by atomic mass is 79.9. The van der Waals surface area contributed by atoms with Crippen LogP contribution in [0.5, 0.6) is 0 Å². The zero-order valence-electron chi connectivity index (χ0n) is 12.2. The molecular formula is C15H26BrN3. The highest BCUT2D eigenvalue weighted by Crippen LogP contribution is 2.26. The minimum absolute atomic E-state index is 0.557. The van der Waals surface area contributed by atoms with Gasteiger partial charge in [0.15, 0.2) is 0 Å². The van der Waals surface area contributed by atoms with Gasteiger partial charge in [0.2, 0.25) is 0 Å². The molecule has 0 N–H and O–H groups in total. The molecule has 0 unspecified atom stereocenters. The Kier molecular flexibility index (Phi) is 5.89. The molecule has 19 heavy (non-hydrogen) atoms. The minimum Gasteiger partial charge on any atom is -0.294 e. The normalized spacial score (nSPS) is 16.3. The Bertz CT molecular complexity index is 369. The van der Waals surface area contributed by atoms with Crippen LogP contribution in [0.3, 0.4) is 0 Å². The van der Waals surface area contributed by atoms with Crippen LogP contribution >= 0.6 is 15.9 Å². The number of alkyl halides is 1. The van der Waals surface area contributed by atoms with Crippen LogP contribution in [0.4, 0.5) is 0 Å². The second-order valence-corrected chi connectivity index (χ2v) is 6.29.